The van der Waals surface area contributed by atoms with E-state index in [4.69, 9.17) is 5.73 Å². The van der Waals surface area contributed by atoms with Crippen molar-refractivity contribution in [3.05, 3.63) is 53.2 Å². The SMILES string of the molecule is CC[C@H]1[C@H](C)Cc2cc(C(=O)NC)ccc2N1C(C)=O.Cc1cccc(N)n1. The van der Waals surface area contributed by atoms with Crippen LogP contribution < -0.4 is 16.0 Å². The number of fused-ring (bicyclic) bond motifs is 1. The Morgan fingerprint density at radius 3 is 2.50 bits per heavy atom. The number of nitrogens with zero attached hydrogens (tertiary/aromatic N) is 2. The van der Waals surface area contributed by atoms with Crippen molar-refractivity contribution in [3.8, 4) is 0 Å². The average molecular weight is 383 g/mol. The minimum Gasteiger partial charge on any atom is -0.384 e. The van der Waals surface area contributed by atoms with Gasteiger partial charge < -0.3 is 16.0 Å². The molecule has 2 atom stereocenters. The molecule has 1 aromatic heterocycles. The number of anilines is 2. The van der Waals surface area contributed by atoms with Crippen molar-refractivity contribution >= 4 is 23.3 Å². The van der Waals surface area contributed by atoms with E-state index in [-0.39, 0.29) is 17.9 Å². The van der Waals surface area contributed by atoms with Gasteiger partial charge in [-0.2, -0.15) is 0 Å². The smallest absolute Gasteiger partial charge is 0.251 e. The number of carbonyl (C=O) groups excluding carboxylic acids is 2. The van der Waals surface area contributed by atoms with Gasteiger partial charge in [-0.1, -0.05) is 19.9 Å². The fourth-order valence-electron chi connectivity index (χ4n) is 3.74. The van der Waals surface area contributed by atoms with Crippen LogP contribution in [0.25, 0.3) is 0 Å². The minimum atomic E-state index is -0.0903. The molecular weight excluding hydrogens is 352 g/mol. The Morgan fingerprint density at radius 2 is 2.00 bits per heavy atom. The number of aromatic nitrogens is 1. The van der Waals surface area contributed by atoms with Gasteiger partial charge in [-0.25, -0.2) is 4.98 Å². The van der Waals surface area contributed by atoms with Crippen LogP contribution in [0.5, 0.6) is 0 Å². The zero-order chi connectivity index (χ0) is 20.8. The minimum absolute atomic E-state index is 0.0670. The number of pyridine rings is 1. The number of benzene rings is 1. The second-order valence-electron chi connectivity index (χ2n) is 7.17. The summed E-state index contributed by atoms with van der Waals surface area (Å²) < 4.78 is 0. The summed E-state index contributed by atoms with van der Waals surface area (Å²) in [5.41, 5.74) is 9.00. The van der Waals surface area contributed by atoms with Crippen LogP contribution in [0, 0.1) is 12.8 Å². The van der Waals surface area contributed by atoms with E-state index in [0.717, 1.165) is 29.8 Å². The summed E-state index contributed by atoms with van der Waals surface area (Å²) in [6, 6.07) is 11.4. The van der Waals surface area contributed by atoms with Crippen molar-refractivity contribution < 1.29 is 9.59 Å². The predicted octanol–water partition coefficient (Wildman–Crippen LogP) is 3.34. The number of aryl methyl sites for hydroxylation is 1. The van der Waals surface area contributed by atoms with E-state index in [9.17, 15) is 9.59 Å². The maximum Gasteiger partial charge on any atom is 0.251 e. The second-order valence-corrected chi connectivity index (χ2v) is 7.17. The van der Waals surface area contributed by atoms with E-state index in [1.807, 2.05) is 36.1 Å². The Hall–Kier alpha value is -2.89. The van der Waals surface area contributed by atoms with E-state index < -0.39 is 0 Å². The second kappa shape index (κ2) is 9.35. The van der Waals surface area contributed by atoms with Gasteiger partial charge in [0.25, 0.3) is 5.91 Å². The highest BCUT2D eigenvalue weighted by Gasteiger charge is 2.33. The van der Waals surface area contributed by atoms with E-state index in [1.165, 1.54) is 0 Å². The van der Waals surface area contributed by atoms with Gasteiger partial charge in [0.2, 0.25) is 5.91 Å². The number of rotatable bonds is 2. The number of nitrogens with two attached hydrogens (primary N) is 1. The standard InChI is InChI=1S/C16H22N2O2.C6H8N2/c1-5-14-10(2)8-13-9-12(16(20)17-4)6-7-15(13)18(14)11(3)19;1-5-3-2-4-6(7)8-5/h6-7,9-10,14H,5,8H2,1-4H3,(H,17,20);2-4H,1H3,(H2,7,8)/t10-,14+;/m1./s1. The Bertz CT molecular complexity index is 833. The van der Waals surface area contributed by atoms with Gasteiger partial charge >= 0.3 is 0 Å². The van der Waals surface area contributed by atoms with Gasteiger partial charge in [-0.15, -0.1) is 0 Å². The average Bonchev–Trinajstić information content (AvgIpc) is 2.65. The van der Waals surface area contributed by atoms with E-state index in [0.29, 0.717) is 17.3 Å². The molecule has 6 heteroatoms. The molecule has 1 aliphatic heterocycles. The highest BCUT2D eigenvalue weighted by atomic mass is 16.2. The molecule has 2 heterocycles. The maximum atomic E-state index is 12.0. The van der Waals surface area contributed by atoms with Crippen LogP contribution in [0.2, 0.25) is 0 Å². The molecule has 1 aromatic carbocycles. The number of hydrogen-bond donors (Lipinski definition) is 2. The van der Waals surface area contributed by atoms with Gasteiger partial charge in [0.05, 0.1) is 0 Å². The fourth-order valence-corrected chi connectivity index (χ4v) is 3.74. The van der Waals surface area contributed by atoms with E-state index in [1.54, 1.807) is 26.1 Å². The van der Waals surface area contributed by atoms with Crippen molar-refractivity contribution in [2.24, 2.45) is 5.92 Å². The number of carbonyl (C=O) groups is 2. The molecule has 0 fully saturated rings. The van der Waals surface area contributed by atoms with Crippen LogP contribution in [-0.4, -0.2) is 29.9 Å². The van der Waals surface area contributed by atoms with E-state index >= 15 is 0 Å². The van der Waals surface area contributed by atoms with Gasteiger partial charge in [0.15, 0.2) is 0 Å². The van der Waals surface area contributed by atoms with Gasteiger partial charge in [-0.05, 0) is 61.6 Å². The molecule has 6 nitrogen and oxygen atoms in total. The summed E-state index contributed by atoms with van der Waals surface area (Å²) in [5, 5.41) is 2.63. The Labute approximate surface area is 167 Å². The third-order valence-electron chi connectivity index (χ3n) is 5.03. The van der Waals surface area contributed by atoms with Crippen molar-refractivity contribution in [1.29, 1.82) is 0 Å². The highest BCUT2D eigenvalue weighted by molar-refractivity contribution is 5.97. The molecule has 0 saturated heterocycles. The molecular formula is C22H30N4O2. The summed E-state index contributed by atoms with van der Waals surface area (Å²) in [4.78, 5) is 29.6. The topological polar surface area (TPSA) is 88.3 Å². The first-order valence-electron chi connectivity index (χ1n) is 9.62. The molecule has 1 aliphatic rings. The van der Waals surface area contributed by atoms with Crippen LogP contribution >= 0.6 is 0 Å². The lowest BCUT2D eigenvalue weighted by atomic mass is 9.85. The Morgan fingerprint density at radius 1 is 1.29 bits per heavy atom. The van der Waals surface area contributed by atoms with Crippen molar-refractivity contribution in [1.82, 2.24) is 10.3 Å². The molecule has 3 rings (SSSR count). The summed E-state index contributed by atoms with van der Waals surface area (Å²) >= 11 is 0. The van der Waals surface area contributed by atoms with Crippen molar-refractivity contribution in [2.75, 3.05) is 17.7 Å². The van der Waals surface area contributed by atoms with Crippen LogP contribution in [0.3, 0.4) is 0 Å². The molecule has 0 saturated carbocycles. The summed E-state index contributed by atoms with van der Waals surface area (Å²) in [5.74, 6) is 0.964. The number of amides is 2. The van der Waals surface area contributed by atoms with Crippen LogP contribution in [0.1, 0.15) is 48.8 Å². The zero-order valence-electron chi connectivity index (χ0n) is 17.3. The fraction of sp³-hybridized carbons (Fsp3) is 0.409. The number of nitrogens with one attached hydrogen (secondary N) is 1. The van der Waals surface area contributed by atoms with E-state index in [2.05, 4.69) is 24.1 Å². The third-order valence-corrected chi connectivity index (χ3v) is 5.03. The van der Waals surface area contributed by atoms with Crippen LogP contribution in [0.4, 0.5) is 11.5 Å². The Kier molecular flexibility index (Phi) is 7.15. The first kappa shape index (κ1) is 21.4. The maximum absolute atomic E-state index is 12.0. The number of nitrogen functional groups attached to an aromatic ring is 1. The van der Waals surface area contributed by atoms with Crippen molar-refractivity contribution in [3.63, 3.8) is 0 Å². The first-order chi connectivity index (χ1) is 13.3. The quantitative estimate of drug-likeness (QED) is 0.834. The molecule has 0 radical (unpaired) electrons. The normalized spacial score (nSPS) is 17.8. The third kappa shape index (κ3) is 4.88. The lowest BCUT2D eigenvalue weighted by Gasteiger charge is -2.40. The molecule has 0 aliphatic carbocycles. The summed E-state index contributed by atoms with van der Waals surface area (Å²) in [6.45, 7) is 7.80. The molecule has 28 heavy (non-hydrogen) atoms. The van der Waals surface area contributed by atoms with Gasteiger partial charge in [0.1, 0.15) is 5.82 Å². The van der Waals surface area contributed by atoms with Gasteiger partial charge in [-0.3, -0.25) is 9.59 Å². The lowest BCUT2D eigenvalue weighted by Crippen LogP contribution is -2.46. The molecule has 0 bridgehead atoms. The molecule has 0 unspecified atom stereocenters. The molecule has 2 amide bonds. The van der Waals surface area contributed by atoms with Crippen molar-refractivity contribution in [2.45, 2.75) is 46.6 Å². The van der Waals surface area contributed by atoms with Gasteiger partial charge in [0, 0.05) is 37.0 Å². The first-order valence-corrected chi connectivity index (χ1v) is 9.62. The van der Waals surface area contributed by atoms with Crippen LogP contribution in [-0.2, 0) is 11.2 Å². The number of hydrogen-bond acceptors (Lipinski definition) is 4. The lowest BCUT2D eigenvalue weighted by molar-refractivity contribution is -0.117. The Balaban J connectivity index is 0.000000292. The summed E-state index contributed by atoms with van der Waals surface area (Å²) in [7, 11) is 1.62. The highest BCUT2D eigenvalue weighted by Crippen LogP contribution is 2.35. The molecule has 150 valence electrons. The molecule has 2 aromatic rings. The summed E-state index contributed by atoms with van der Waals surface area (Å²) in [6.07, 6.45) is 1.85. The predicted molar refractivity (Wildman–Crippen MR) is 113 cm³/mol. The molecule has 3 N–H and O–H groups in total. The van der Waals surface area contributed by atoms with Crippen LogP contribution in [0.15, 0.2) is 36.4 Å². The zero-order valence-corrected chi connectivity index (χ0v) is 17.3. The monoisotopic (exact) mass is 382 g/mol. The molecule has 0 spiro atoms. The largest absolute Gasteiger partial charge is 0.384 e.